The van der Waals surface area contributed by atoms with Gasteiger partial charge in [0.1, 0.15) is 0 Å². The Hall–Kier alpha value is -0.605. The molecule has 2 aliphatic carbocycles. The third-order valence-electron chi connectivity index (χ3n) is 5.41. The molecule has 2 aliphatic rings. The maximum absolute atomic E-state index is 9.75. The molecule has 7 heteroatoms. The van der Waals surface area contributed by atoms with Gasteiger partial charge in [0.25, 0.3) is 0 Å². The quantitative estimate of drug-likeness (QED) is 0.369. The fourth-order valence-corrected chi connectivity index (χ4v) is 8.02. The summed E-state index contributed by atoms with van der Waals surface area (Å²) in [5.74, 6) is 0. The van der Waals surface area contributed by atoms with Gasteiger partial charge in [-0.05, 0) is 47.9 Å². The molecule has 0 aliphatic heterocycles. The number of hydrogen-bond donors (Lipinski definition) is 1. The highest BCUT2D eigenvalue weighted by Crippen LogP contribution is 2.54. The molecule has 1 aromatic carbocycles. The minimum atomic E-state index is -6.00. The van der Waals surface area contributed by atoms with Crippen LogP contribution in [0.2, 0.25) is 0 Å². The van der Waals surface area contributed by atoms with Crippen molar-refractivity contribution in [1.29, 1.82) is 0 Å². The molecule has 0 spiro atoms. The second-order valence-corrected chi connectivity index (χ2v) is 10.1. The van der Waals surface area contributed by atoms with Gasteiger partial charge in [0.05, 0.1) is 0 Å². The molecular weight excluding hydrogens is 360 g/mol. The van der Waals surface area contributed by atoms with Crippen LogP contribution in [0.25, 0.3) is 0 Å². The normalized spacial score (nSPS) is 19.9. The number of nitrogens with two attached hydrogens (primary N) is 1. The number of halogens is 4. The molecule has 0 unspecified atom stereocenters. The van der Waals surface area contributed by atoms with Crippen molar-refractivity contribution in [3.05, 3.63) is 29.8 Å². The van der Waals surface area contributed by atoms with Gasteiger partial charge in [0.2, 0.25) is 0 Å². The molecular formula is C19H30BF4NP-. The summed E-state index contributed by atoms with van der Waals surface area (Å²) < 4.78 is 39.0. The predicted octanol–water partition coefficient (Wildman–Crippen LogP) is 6.22. The Bertz CT molecular complexity index is 487. The van der Waals surface area contributed by atoms with E-state index >= 15 is 0 Å². The molecule has 26 heavy (non-hydrogen) atoms. The first-order chi connectivity index (χ1) is 12.4. The average molecular weight is 390 g/mol. The topological polar surface area (TPSA) is 26.0 Å². The van der Waals surface area contributed by atoms with Gasteiger partial charge in [-0.2, -0.15) is 0 Å². The van der Waals surface area contributed by atoms with Crippen LogP contribution in [0, 0.1) is 0 Å². The largest absolute Gasteiger partial charge is 0.673 e. The summed E-state index contributed by atoms with van der Waals surface area (Å²) >= 11 is 0. The molecule has 0 bridgehead atoms. The van der Waals surface area contributed by atoms with Crippen molar-refractivity contribution in [3.8, 4) is 0 Å². The Morgan fingerprint density at radius 1 is 0.769 bits per heavy atom. The van der Waals surface area contributed by atoms with Crippen molar-refractivity contribution in [3.63, 3.8) is 0 Å². The molecule has 3 rings (SSSR count). The van der Waals surface area contributed by atoms with Crippen LogP contribution in [-0.2, 0) is 6.54 Å². The highest BCUT2D eigenvalue weighted by atomic mass is 31.1. The van der Waals surface area contributed by atoms with E-state index in [1.54, 1.807) is 5.30 Å². The number of benzene rings is 1. The maximum atomic E-state index is 9.75. The van der Waals surface area contributed by atoms with E-state index in [1.807, 2.05) is 0 Å². The summed E-state index contributed by atoms with van der Waals surface area (Å²) in [4.78, 5) is 0. The SMILES string of the molecule is F[B-](F)(F)F.NCc1ccc(P(C2CCCCC2)C2CCCCC2)cc1. The Balaban J connectivity index is 0.000000431. The first-order valence-corrected chi connectivity index (χ1v) is 11.3. The van der Waals surface area contributed by atoms with E-state index in [0.29, 0.717) is 6.54 Å². The van der Waals surface area contributed by atoms with Crippen LogP contribution in [0.5, 0.6) is 0 Å². The monoisotopic (exact) mass is 390 g/mol. The third-order valence-corrected chi connectivity index (χ3v) is 8.91. The maximum Gasteiger partial charge on any atom is 0.673 e. The Morgan fingerprint density at radius 3 is 1.50 bits per heavy atom. The second kappa shape index (κ2) is 10.7. The fraction of sp³-hybridized carbons (Fsp3) is 0.684. The van der Waals surface area contributed by atoms with Crippen molar-refractivity contribution in [2.24, 2.45) is 5.73 Å². The third kappa shape index (κ3) is 7.56. The summed E-state index contributed by atoms with van der Waals surface area (Å²) in [5.41, 5.74) is 9.05. The zero-order valence-corrected chi connectivity index (χ0v) is 16.3. The lowest BCUT2D eigenvalue weighted by molar-refractivity contribution is 0.368. The molecule has 1 aromatic rings. The molecule has 0 amide bonds. The standard InChI is InChI=1S/C19H30NP.BF4/c20-15-16-11-13-19(14-12-16)21(17-7-3-1-4-8-17)18-9-5-2-6-10-18;2-1(3,4)5/h11-14,17-18H,1-10,15,20H2;/q;-1. The van der Waals surface area contributed by atoms with Crippen LogP contribution >= 0.6 is 7.92 Å². The molecule has 2 saturated carbocycles. The molecule has 0 saturated heterocycles. The van der Waals surface area contributed by atoms with Gasteiger partial charge < -0.3 is 23.0 Å². The van der Waals surface area contributed by atoms with Crippen molar-refractivity contribution < 1.29 is 17.3 Å². The molecule has 1 nitrogen and oxygen atoms in total. The van der Waals surface area contributed by atoms with Gasteiger partial charge in [-0.15, -0.1) is 0 Å². The van der Waals surface area contributed by atoms with E-state index < -0.39 is 7.25 Å². The lowest BCUT2D eigenvalue weighted by Crippen LogP contribution is -2.26. The minimum Gasteiger partial charge on any atom is -0.418 e. The fourth-order valence-electron chi connectivity index (χ4n) is 4.24. The Labute approximate surface area is 156 Å². The van der Waals surface area contributed by atoms with E-state index in [-0.39, 0.29) is 7.92 Å². The highest BCUT2D eigenvalue weighted by molar-refractivity contribution is 7.67. The smallest absolute Gasteiger partial charge is 0.418 e. The number of hydrogen-bond acceptors (Lipinski definition) is 1. The van der Waals surface area contributed by atoms with Crippen molar-refractivity contribution in [1.82, 2.24) is 0 Å². The van der Waals surface area contributed by atoms with Gasteiger partial charge in [-0.25, -0.2) is 0 Å². The van der Waals surface area contributed by atoms with Crippen molar-refractivity contribution in [2.75, 3.05) is 0 Å². The zero-order chi connectivity index (χ0) is 19.0. The number of rotatable bonds is 4. The van der Waals surface area contributed by atoms with Crippen LogP contribution in [0.4, 0.5) is 17.3 Å². The lowest BCUT2D eigenvalue weighted by Gasteiger charge is -2.38. The Morgan fingerprint density at radius 2 is 1.15 bits per heavy atom. The van der Waals surface area contributed by atoms with Gasteiger partial charge >= 0.3 is 7.25 Å². The first-order valence-electron chi connectivity index (χ1n) is 9.83. The van der Waals surface area contributed by atoms with Gasteiger partial charge in [0, 0.05) is 6.54 Å². The highest BCUT2D eigenvalue weighted by Gasteiger charge is 2.32. The summed E-state index contributed by atoms with van der Waals surface area (Å²) in [6.07, 6.45) is 14.8. The van der Waals surface area contributed by atoms with E-state index in [0.717, 1.165) is 11.3 Å². The molecule has 0 radical (unpaired) electrons. The zero-order valence-electron chi connectivity index (χ0n) is 15.4. The van der Waals surface area contributed by atoms with Crippen LogP contribution in [-0.4, -0.2) is 18.6 Å². The van der Waals surface area contributed by atoms with E-state index in [1.165, 1.54) is 69.8 Å². The van der Waals surface area contributed by atoms with Crippen LogP contribution < -0.4 is 11.0 Å². The lowest BCUT2D eigenvalue weighted by atomic mass is 9.99. The molecule has 148 valence electrons. The van der Waals surface area contributed by atoms with Crippen LogP contribution in [0.15, 0.2) is 24.3 Å². The van der Waals surface area contributed by atoms with Crippen LogP contribution in [0.1, 0.15) is 69.8 Å². The molecule has 0 aromatic heterocycles. The molecule has 0 atom stereocenters. The predicted molar refractivity (Wildman–Crippen MR) is 105 cm³/mol. The van der Waals surface area contributed by atoms with Crippen molar-refractivity contribution >= 4 is 20.5 Å². The van der Waals surface area contributed by atoms with E-state index in [2.05, 4.69) is 24.3 Å². The Kier molecular flexibility index (Phi) is 8.89. The first kappa shape index (κ1) is 21.7. The van der Waals surface area contributed by atoms with E-state index in [9.17, 15) is 17.3 Å². The molecule has 2 fully saturated rings. The van der Waals surface area contributed by atoms with Gasteiger partial charge in [0.15, 0.2) is 0 Å². The van der Waals surface area contributed by atoms with Crippen molar-refractivity contribution in [2.45, 2.75) is 82.1 Å². The molecule has 2 N–H and O–H groups in total. The van der Waals surface area contributed by atoms with Crippen LogP contribution in [0.3, 0.4) is 0 Å². The summed E-state index contributed by atoms with van der Waals surface area (Å²) in [6.45, 7) is 0.672. The molecule has 0 heterocycles. The summed E-state index contributed by atoms with van der Waals surface area (Å²) in [6, 6.07) is 9.38. The second-order valence-electron chi connectivity index (χ2n) is 7.36. The van der Waals surface area contributed by atoms with Gasteiger partial charge in [-0.3, -0.25) is 0 Å². The van der Waals surface area contributed by atoms with Gasteiger partial charge in [-0.1, -0.05) is 70.7 Å². The summed E-state index contributed by atoms with van der Waals surface area (Å²) in [7, 11) is -5.95. The summed E-state index contributed by atoms with van der Waals surface area (Å²) in [5, 5.41) is 1.67. The minimum absolute atomic E-state index is 0.0497. The van der Waals surface area contributed by atoms with E-state index in [4.69, 9.17) is 5.73 Å². The average Bonchev–Trinajstić information content (AvgIpc) is 2.63.